The Morgan fingerprint density at radius 1 is 1.32 bits per heavy atom. The van der Waals surface area contributed by atoms with Crippen LogP contribution in [0.25, 0.3) is 0 Å². The summed E-state index contributed by atoms with van der Waals surface area (Å²) in [6.07, 6.45) is 3.15. The average molecular weight is 263 g/mol. The number of hydrogen-bond acceptors (Lipinski definition) is 4. The molecule has 1 saturated heterocycles. The molecule has 1 aliphatic heterocycles. The van der Waals surface area contributed by atoms with E-state index in [9.17, 15) is 4.79 Å². The molecule has 1 aliphatic rings. The van der Waals surface area contributed by atoms with E-state index < -0.39 is 0 Å². The zero-order valence-electron chi connectivity index (χ0n) is 11.6. The summed E-state index contributed by atoms with van der Waals surface area (Å²) in [5.74, 6) is 1.94. The van der Waals surface area contributed by atoms with Gasteiger partial charge in [-0.15, -0.1) is 0 Å². The average Bonchev–Trinajstić information content (AvgIpc) is 2.46. The molecule has 0 atom stereocenters. The van der Waals surface area contributed by atoms with Crippen molar-refractivity contribution in [1.29, 1.82) is 0 Å². The van der Waals surface area contributed by atoms with Gasteiger partial charge in [-0.3, -0.25) is 4.79 Å². The Bertz CT molecular complexity index is 425. The first-order valence-electron chi connectivity index (χ1n) is 6.67. The van der Waals surface area contributed by atoms with E-state index >= 15 is 0 Å². The molecule has 1 fully saturated rings. The minimum Gasteiger partial charge on any atom is -0.493 e. The Hall–Kier alpha value is -1.55. The van der Waals surface area contributed by atoms with Crippen LogP contribution in [-0.2, 0) is 0 Å². The number of ether oxygens (including phenoxy) is 2. The fourth-order valence-electron chi connectivity index (χ4n) is 2.31. The Balaban J connectivity index is 1.93. The number of carbonyl (C=O) groups is 1. The molecule has 0 bridgehead atoms. The Morgan fingerprint density at radius 2 is 2.05 bits per heavy atom. The third kappa shape index (κ3) is 3.70. The number of carbonyl (C=O) groups excluding carboxylic acids is 1. The van der Waals surface area contributed by atoms with Crippen molar-refractivity contribution in [2.75, 3.05) is 33.9 Å². The highest BCUT2D eigenvalue weighted by Crippen LogP contribution is 2.28. The van der Waals surface area contributed by atoms with Crippen molar-refractivity contribution in [2.45, 2.75) is 12.8 Å². The van der Waals surface area contributed by atoms with Gasteiger partial charge in [0.05, 0.1) is 13.7 Å². The van der Waals surface area contributed by atoms with Gasteiger partial charge in [0.1, 0.15) is 6.29 Å². The van der Waals surface area contributed by atoms with Crippen molar-refractivity contribution < 1.29 is 14.3 Å². The standard InChI is InChI=1S/C15H21NO3/c1-16-7-5-12(6-8-16)11-19-14-4-3-13(10-17)9-15(14)18-2/h3-4,9-10,12H,5-8,11H2,1-2H3. The highest BCUT2D eigenvalue weighted by atomic mass is 16.5. The van der Waals surface area contributed by atoms with Gasteiger partial charge in [-0.05, 0) is 57.1 Å². The van der Waals surface area contributed by atoms with Gasteiger partial charge in [0, 0.05) is 5.56 Å². The third-order valence-corrected chi connectivity index (χ3v) is 3.64. The zero-order chi connectivity index (χ0) is 13.7. The van der Waals surface area contributed by atoms with E-state index in [1.165, 1.54) is 12.8 Å². The molecule has 1 heterocycles. The lowest BCUT2D eigenvalue weighted by Crippen LogP contribution is -2.32. The predicted molar refractivity (Wildman–Crippen MR) is 74.1 cm³/mol. The smallest absolute Gasteiger partial charge is 0.161 e. The fraction of sp³-hybridized carbons (Fsp3) is 0.533. The van der Waals surface area contributed by atoms with Gasteiger partial charge in [0.2, 0.25) is 0 Å². The number of rotatable bonds is 5. The van der Waals surface area contributed by atoms with E-state index in [0.717, 1.165) is 19.4 Å². The second-order valence-electron chi connectivity index (χ2n) is 5.09. The van der Waals surface area contributed by atoms with Gasteiger partial charge >= 0.3 is 0 Å². The maximum atomic E-state index is 10.7. The van der Waals surface area contributed by atoms with Gasteiger partial charge in [0.25, 0.3) is 0 Å². The number of piperidine rings is 1. The molecule has 0 unspecified atom stereocenters. The van der Waals surface area contributed by atoms with Crippen LogP contribution in [0.4, 0.5) is 0 Å². The summed E-state index contributed by atoms with van der Waals surface area (Å²) < 4.78 is 11.1. The van der Waals surface area contributed by atoms with Crippen LogP contribution in [0.15, 0.2) is 18.2 Å². The molecule has 0 saturated carbocycles. The minimum atomic E-state index is 0.600. The van der Waals surface area contributed by atoms with Gasteiger partial charge in [-0.1, -0.05) is 0 Å². The predicted octanol–water partition coefficient (Wildman–Crippen LogP) is 2.23. The van der Waals surface area contributed by atoms with E-state index in [1.807, 2.05) is 0 Å². The van der Waals surface area contributed by atoms with Crippen LogP contribution in [0.5, 0.6) is 11.5 Å². The summed E-state index contributed by atoms with van der Waals surface area (Å²) in [5.41, 5.74) is 0.600. The van der Waals surface area contributed by atoms with Crippen molar-refractivity contribution >= 4 is 6.29 Å². The number of nitrogens with zero attached hydrogens (tertiary/aromatic N) is 1. The number of hydrogen-bond donors (Lipinski definition) is 0. The summed E-state index contributed by atoms with van der Waals surface area (Å²) in [6, 6.07) is 5.26. The Labute approximate surface area is 114 Å². The molecule has 1 aromatic carbocycles. The van der Waals surface area contributed by atoms with Crippen LogP contribution in [0, 0.1) is 5.92 Å². The first-order chi connectivity index (χ1) is 9.22. The largest absolute Gasteiger partial charge is 0.493 e. The number of likely N-dealkylation sites (tertiary alicyclic amines) is 1. The highest BCUT2D eigenvalue weighted by molar-refractivity contribution is 5.76. The molecule has 0 amide bonds. The molecule has 0 radical (unpaired) electrons. The maximum Gasteiger partial charge on any atom is 0.161 e. The summed E-state index contributed by atoms with van der Waals surface area (Å²) in [6.45, 7) is 2.98. The van der Waals surface area contributed by atoms with Gasteiger partial charge in [-0.25, -0.2) is 0 Å². The normalized spacial score (nSPS) is 17.2. The number of aldehydes is 1. The zero-order valence-corrected chi connectivity index (χ0v) is 11.6. The van der Waals surface area contributed by atoms with Crippen molar-refractivity contribution in [3.05, 3.63) is 23.8 Å². The topological polar surface area (TPSA) is 38.8 Å². The number of methoxy groups -OCH3 is 1. The SMILES string of the molecule is COc1cc(C=O)ccc1OCC1CCN(C)CC1. The first-order valence-corrected chi connectivity index (χ1v) is 6.67. The summed E-state index contributed by atoms with van der Waals surface area (Å²) in [5, 5.41) is 0. The van der Waals surface area contributed by atoms with E-state index in [0.29, 0.717) is 29.6 Å². The van der Waals surface area contributed by atoms with Crippen LogP contribution in [-0.4, -0.2) is 45.0 Å². The molecular formula is C15H21NO3. The lowest BCUT2D eigenvalue weighted by Gasteiger charge is -2.28. The summed E-state index contributed by atoms with van der Waals surface area (Å²) >= 11 is 0. The molecule has 2 rings (SSSR count). The van der Waals surface area contributed by atoms with Crippen LogP contribution in [0.1, 0.15) is 23.2 Å². The molecule has 0 aromatic heterocycles. The monoisotopic (exact) mass is 263 g/mol. The first kappa shape index (κ1) is 13.9. The molecule has 4 heteroatoms. The summed E-state index contributed by atoms with van der Waals surface area (Å²) in [7, 11) is 3.74. The van der Waals surface area contributed by atoms with E-state index in [4.69, 9.17) is 9.47 Å². The quantitative estimate of drug-likeness (QED) is 0.764. The molecule has 104 valence electrons. The lowest BCUT2D eigenvalue weighted by atomic mass is 9.98. The van der Waals surface area contributed by atoms with Crippen molar-refractivity contribution in [3.8, 4) is 11.5 Å². The fourth-order valence-corrected chi connectivity index (χ4v) is 2.31. The van der Waals surface area contributed by atoms with Crippen molar-refractivity contribution in [1.82, 2.24) is 4.90 Å². The molecule has 4 nitrogen and oxygen atoms in total. The lowest BCUT2D eigenvalue weighted by molar-refractivity contribution is 0.112. The Kier molecular flexibility index (Phi) is 4.80. The second-order valence-corrected chi connectivity index (χ2v) is 5.09. The van der Waals surface area contributed by atoms with Crippen LogP contribution in [0.3, 0.4) is 0 Å². The molecular weight excluding hydrogens is 242 g/mol. The van der Waals surface area contributed by atoms with E-state index in [2.05, 4.69) is 11.9 Å². The summed E-state index contributed by atoms with van der Waals surface area (Å²) in [4.78, 5) is 13.1. The Morgan fingerprint density at radius 3 is 2.68 bits per heavy atom. The minimum absolute atomic E-state index is 0.600. The van der Waals surface area contributed by atoms with E-state index in [1.54, 1.807) is 25.3 Å². The van der Waals surface area contributed by atoms with Crippen LogP contribution >= 0.6 is 0 Å². The van der Waals surface area contributed by atoms with Crippen LogP contribution in [0.2, 0.25) is 0 Å². The highest BCUT2D eigenvalue weighted by Gasteiger charge is 2.17. The van der Waals surface area contributed by atoms with Crippen molar-refractivity contribution in [2.24, 2.45) is 5.92 Å². The maximum absolute atomic E-state index is 10.7. The molecule has 0 spiro atoms. The van der Waals surface area contributed by atoms with Gasteiger partial charge in [-0.2, -0.15) is 0 Å². The number of benzene rings is 1. The van der Waals surface area contributed by atoms with Crippen molar-refractivity contribution in [3.63, 3.8) is 0 Å². The third-order valence-electron chi connectivity index (χ3n) is 3.64. The molecule has 19 heavy (non-hydrogen) atoms. The molecule has 0 N–H and O–H groups in total. The van der Waals surface area contributed by atoms with Gasteiger partial charge < -0.3 is 14.4 Å². The van der Waals surface area contributed by atoms with Gasteiger partial charge in [0.15, 0.2) is 11.5 Å². The van der Waals surface area contributed by atoms with E-state index in [-0.39, 0.29) is 0 Å². The molecule has 0 aliphatic carbocycles. The van der Waals surface area contributed by atoms with Crippen LogP contribution < -0.4 is 9.47 Å². The second kappa shape index (κ2) is 6.57. The molecule has 1 aromatic rings.